The number of fused-ring (bicyclic) bond motifs is 2. The van der Waals surface area contributed by atoms with Crippen molar-refractivity contribution in [3.63, 3.8) is 0 Å². The molecule has 0 spiro atoms. The van der Waals surface area contributed by atoms with E-state index in [9.17, 15) is 14.4 Å². The van der Waals surface area contributed by atoms with Crippen molar-refractivity contribution in [1.29, 1.82) is 5.41 Å². The summed E-state index contributed by atoms with van der Waals surface area (Å²) in [5.74, 6) is -0.570. The molecule has 29 heavy (non-hydrogen) atoms. The molecule has 0 radical (unpaired) electrons. The van der Waals surface area contributed by atoms with Crippen LogP contribution in [0.15, 0.2) is 36.4 Å². The zero-order valence-corrected chi connectivity index (χ0v) is 16.2. The number of amides is 1. The van der Waals surface area contributed by atoms with Gasteiger partial charge in [0.2, 0.25) is 5.91 Å². The molecule has 0 heterocycles. The van der Waals surface area contributed by atoms with Crippen LogP contribution in [0.5, 0.6) is 0 Å². The number of rotatable bonds is 8. The summed E-state index contributed by atoms with van der Waals surface area (Å²) >= 11 is 0. The van der Waals surface area contributed by atoms with E-state index in [1.165, 1.54) is 0 Å². The Morgan fingerprint density at radius 2 is 1.83 bits per heavy atom. The molecule has 0 saturated heterocycles. The quantitative estimate of drug-likeness (QED) is 0.304. The number of nitrogens with one attached hydrogen (secondary N) is 2. The molecule has 2 atom stereocenters. The zero-order chi connectivity index (χ0) is 21.2. The lowest BCUT2D eigenvalue weighted by Gasteiger charge is -2.42. The minimum atomic E-state index is -0.949. The Kier molecular flexibility index (Phi) is 5.61. The summed E-state index contributed by atoms with van der Waals surface area (Å²) in [5.41, 5.74) is 15.0. The van der Waals surface area contributed by atoms with Crippen LogP contribution >= 0.6 is 0 Å². The predicted octanol–water partition coefficient (Wildman–Crippen LogP) is 1.29. The molecule has 0 saturated carbocycles. The van der Waals surface area contributed by atoms with Crippen LogP contribution in [0.25, 0.3) is 0 Å². The van der Waals surface area contributed by atoms with Crippen LogP contribution in [0.1, 0.15) is 56.3 Å². The van der Waals surface area contributed by atoms with Gasteiger partial charge >= 0.3 is 0 Å². The van der Waals surface area contributed by atoms with E-state index >= 15 is 0 Å². The van der Waals surface area contributed by atoms with Crippen molar-refractivity contribution >= 4 is 24.3 Å². The Balaban J connectivity index is 2.25. The first kappa shape index (κ1) is 20.4. The fraction of sp³-hybridized carbons (Fsp3) is 0.273. The topological polar surface area (TPSA) is 139 Å². The van der Waals surface area contributed by atoms with Gasteiger partial charge in [0.25, 0.3) is 0 Å². The first-order chi connectivity index (χ1) is 13.8. The van der Waals surface area contributed by atoms with Crippen molar-refractivity contribution in [3.05, 3.63) is 69.8 Å². The highest BCUT2D eigenvalue weighted by atomic mass is 16.1. The van der Waals surface area contributed by atoms with Gasteiger partial charge in [-0.15, -0.1) is 0 Å². The average molecular weight is 392 g/mol. The van der Waals surface area contributed by atoms with Crippen LogP contribution in [0, 0.1) is 5.41 Å². The van der Waals surface area contributed by atoms with Crippen LogP contribution in [0.4, 0.5) is 0 Å². The first-order valence-corrected chi connectivity index (χ1v) is 9.36. The van der Waals surface area contributed by atoms with Gasteiger partial charge in [-0.3, -0.25) is 15.0 Å². The van der Waals surface area contributed by atoms with Gasteiger partial charge in [0.1, 0.15) is 18.4 Å². The molecule has 1 aliphatic carbocycles. The minimum Gasteiger partial charge on any atom is -0.387 e. The molecule has 1 amide bonds. The second-order valence-electron chi connectivity index (χ2n) is 7.45. The third-order valence-electron chi connectivity index (χ3n) is 5.58. The average Bonchev–Trinajstić information content (AvgIpc) is 2.70. The Hall–Kier alpha value is -3.32. The second-order valence-corrected chi connectivity index (χ2v) is 7.45. The molecular formula is C22H24N4O3. The Morgan fingerprint density at radius 1 is 1.17 bits per heavy atom. The zero-order valence-electron chi connectivity index (χ0n) is 16.2. The number of primary amides is 1. The number of aldehydes is 2. The van der Waals surface area contributed by atoms with Crippen molar-refractivity contribution in [2.75, 3.05) is 6.54 Å². The van der Waals surface area contributed by atoms with Gasteiger partial charge in [-0.2, -0.15) is 0 Å². The summed E-state index contributed by atoms with van der Waals surface area (Å²) in [7, 11) is 0. The lowest BCUT2D eigenvalue weighted by molar-refractivity contribution is -0.107. The van der Waals surface area contributed by atoms with Gasteiger partial charge in [0.05, 0.1) is 12.0 Å². The maximum absolute atomic E-state index is 11.7. The normalized spacial score (nSPS) is 18.2. The monoisotopic (exact) mass is 392 g/mol. The highest BCUT2D eigenvalue weighted by Gasteiger charge is 2.44. The number of carbonyl (C=O) groups is 3. The van der Waals surface area contributed by atoms with E-state index < -0.39 is 11.3 Å². The summed E-state index contributed by atoms with van der Waals surface area (Å²) in [5, 5.41) is 11.6. The summed E-state index contributed by atoms with van der Waals surface area (Å²) in [4.78, 5) is 33.8. The van der Waals surface area contributed by atoms with Gasteiger partial charge in [0.15, 0.2) is 0 Å². The summed E-state index contributed by atoms with van der Waals surface area (Å²) in [6, 6.07) is 10.4. The van der Waals surface area contributed by atoms with Crippen molar-refractivity contribution in [2.24, 2.45) is 11.5 Å². The molecular weight excluding hydrogens is 368 g/mol. The van der Waals surface area contributed by atoms with E-state index in [1.54, 1.807) is 30.3 Å². The highest BCUT2D eigenvalue weighted by Crippen LogP contribution is 2.45. The van der Waals surface area contributed by atoms with Crippen LogP contribution < -0.4 is 16.8 Å². The van der Waals surface area contributed by atoms with Gasteiger partial charge in [0, 0.05) is 17.2 Å². The van der Waals surface area contributed by atoms with Crippen molar-refractivity contribution in [2.45, 2.75) is 31.2 Å². The van der Waals surface area contributed by atoms with Crippen LogP contribution in [-0.2, 0) is 16.6 Å². The van der Waals surface area contributed by atoms with Gasteiger partial charge in [-0.1, -0.05) is 18.2 Å². The minimum absolute atomic E-state index is 0.0369. The van der Waals surface area contributed by atoms with Gasteiger partial charge in [-0.25, -0.2) is 0 Å². The molecule has 7 heteroatoms. The van der Waals surface area contributed by atoms with E-state index in [0.29, 0.717) is 24.0 Å². The fourth-order valence-electron chi connectivity index (χ4n) is 4.31. The number of nitrogens with two attached hydrogens (primary N) is 2. The number of amidine groups is 1. The molecule has 2 aromatic carbocycles. The highest BCUT2D eigenvalue weighted by molar-refractivity contribution is 5.97. The van der Waals surface area contributed by atoms with Gasteiger partial charge in [-0.05, 0) is 60.2 Å². The second kappa shape index (κ2) is 7.97. The first-order valence-electron chi connectivity index (χ1n) is 9.36. The SMILES string of the molecule is C[C@H](CC1(C(=N)N)c2ccc(C=O)cc2Cc2cc(C(N)=O)ccc21)NCC=O. The van der Waals surface area contributed by atoms with E-state index in [2.05, 4.69) is 5.32 Å². The van der Waals surface area contributed by atoms with E-state index in [1.807, 2.05) is 13.0 Å². The van der Waals surface area contributed by atoms with Crippen LogP contribution in [0.3, 0.4) is 0 Å². The molecule has 6 N–H and O–H groups in total. The third-order valence-corrected chi connectivity index (χ3v) is 5.58. The van der Waals surface area contributed by atoms with E-state index in [-0.39, 0.29) is 18.4 Å². The number of hydrogen-bond donors (Lipinski definition) is 4. The van der Waals surface area contributed by atoms with Crippen LogP contribution in [0.2, 0.25) is 0 Å². The van der Waals surface area contributed by atoms with Crippen molar-refractivity contribution in [1.82, 2.24) is 5.32 Å². The molecule has 3 rings (SSSR count). The number of benzene rings is 2. The maximum atomic E-state index is 11.7. The molecule has 0 aromatic heterocycles. The molecule has 0 aliphatic heterocycles. The summed E-state index contributed by atoms with van der Waals surface area (Å²) < 4.78 is 0. The Morgan fingerprint density at radius 3 is 2.41 bits per heavy atom. The standard InChI is InChI=1S/C22H24N4O3/c1-13(26-6-7-27)11-22(21(24)25)18-4-2-14(12-28)8-16(18)10-17-9-15(20(23)29)3-5-19(17)22/h2-5,7-9,12-13,26H,6,10-11H2,1H3,(H2,23,29)(H3,24,25)/t13-,22?/m1/s1. The molecule has 1 unspecified atom stereocenters. The number of carbonyl (C=O) groups excluding carboxylic acids is 3. The summed E-state index contributed by atoms with van der Waals surface area (Å²) in [6.45, 7) is 2.12. The molecule has 150 valence electrons. The van der Waals surface area contributed by atoms with Crippen molar-refractivity contribution < 1.29 is 14.4 Å². The summed E-state index contributed by atoms with van der Waals surface area (Å²) in [6.07, 6.45) is 2.50. The molecule has 1 aliphatic rings. The smallest absolute Gasteiger partial charge is 0.248 e. The fourth-order valence-corrected chi connectivity index (χ4v) is 4.31. The van der Waals surface area contributed by atoms with Gasteiger partial charge < -0.3 is 21.6 Å². The molecule has 2 aromatic rings. The lowest BCUT2D eigenvalue weighted by Crippen LogP contribution is -2.49. The largest absolute Gasteiger partial charge is 0.387 e. The third kappa shape index (κ3) is 3.56. The molecule has 7 nitrogen and oxygen atoms in total. The number of hydrogen-bond acceptors (Lipinski definition) is 5. The molecule has 0 bridgehead atoms. The Bertz CT molecular complexity index is 1000. The van der Waals surface area contributed by atoms with E-state index in [0.717, 1.165) is 34.8 Å². The van der Waals surface area contributed by atoms with E-state index in [4.69, 9.17) is 16.9 Å². The predicted molar refractivity (Wildman–Crippen MR) is 110 cm³/mol. The maximum Gasteiger partial charge on any atom is 0.248 e. The molecule has 0 fully saturated rings. The lowest BCUT2D eigenvalue weighted by atomic mass is 9.62. The Labute approximate surface area is 169 Å². The van der Waals surface area contributed by atoms with Crippen LogP contribution in [-0.4, -0.2) is 36.9 Å². The van der Waals surface area contributed by atoms with Crippen molar-refractivity contribution in [3.8, 4) is 0 Å².